The molecule has 2 heterocycles. The van der Waals surface area contributed by atoms with Gasteiger partial charge in [-0.15, -0.1) is 0 Å². The van der Waals surface area contributed by atoms with Crippen LogP contribution in [-0.2, 0) is 0 Å². The van der Waals surface area contributed by atoms with Crippen LogP contribution in [0.1, 0.15) is 11.6 Å². The van der Waals surface area contributed by atoms with Crippen LogP contribution in [0.25, 0.3) is 22.6 Å². The first kappa shape index (κ1) is 11.3. The summed E-state index contributed by atoms with van der Waals surface area (Å²) in [5.74, 6) is 1.92. The summed E-state index contributed by atoms with van der Waals surface area (Å²) in [5.41, 5.74) is 8.97. The minimum atomic E-state index is 0.621. The second kappa shape index (κ2) is 3.84. The van der Waals surface area contributed by atoms with Gasteiger partial charge in [-0.25, -0.2) is 9.97 Å². The Hall–Kier alpha value is -1.82. The highest BCUT2D eigenvalue weighted by molar-refractivity contribution is 9.10. The van der Waals surface area contributed by atoms with Crippen LogP contribution in [0.4, 0.5) is 5.69 Å². The van der Waals surface area contributed by atoms with E-state index < -0.39 is 0 Å². The van der Waals surface area contributed by atoms with E-state index in [9.17, 15) is 0 Å². The molecule has 92 valence electrons. The summed E-state index contributed by atoms with van der Waals surface area (Å²) in [7, 11) is 0. The van der Waals surface area contributed by atoms with Crippen LogP contribution in [0.15, 0.2) is 21.0 Å². The van der Waals surface area contributed by atoms with E-state index in [0.717, 1.165) is 21.2 Å². The molecule has 18 heavy (non-hydrogen) atoms. The zero-order valence-corrected chi connectivity index (χ0v) is 11.5. The summed E-state index contributed by atoms with van der Waals surface area (Å²) in [6.07, 6.45) is 0. The molecule has 0 amide bonds. The van der Waals surface area contributed by atoms with E-state index in [4.69, 9.17) is 10.2 Å². The monoisotopic (exact) mass is 306 g/mol. The number of benzene rings is 1. The number of aryl methyl sites for hydroxylation is 2. The quantitative estimate of drug-likeness (QED) is 0.677. The van der Waals surface area contributed by atoms with Gasteiger partial charge in [0, 0.05) is 11.4 Å². The molecule has 3 aromatic rings. The molecular weight excluding hydrogens is 296 g/mol. The summed E-state index contributed by atoms with van der Waals surface area (Å²) in [4.78, 5) is 11.9. The molecule has 1 aromatic carbocycles. The number of hydrogen-bond donors (Lipinski definition) is 2. The predicted octanol–water partition coefficient (Wildman–Crippen LogP) is 3.18. The number of nitrogens with zero attached hydrogens (tertiary/aromatic N) is 2. The molecule has 0 fully saturated rings. The van der Waals surface area contributed by atoms with Gasteiger partial charge in [0.15, 0.2) is 17.5 Å². The van der Waals surface area contributed by atoms with Gasteiger partial charge >= 0.3 is 0 Å². The topological polar surface area (TPSA) is 80.7 Å². The number of anilines is 1. The van der Waals surface area contributed by atoms with Gasteiger partial charge in [-0.05, 0) is 19.1 Å². The first-order valence-corrected chi connectivity index (χ1v) is 6.23. The molecule has 0 saturated carbocycles. The van der Waals surface area contributed by atoms with E-state index >= 15 is 0 Å². The average molecular weight is 307 g/mol. The van der Waals surface area contributed by atoms with Crippen molar-refractivity contribution < 1.29 is 4.42 Å². The fraction of sp³-hybridized carbons (Fsp3) is 0.167. The number of nitrogens with two attached hydrogens (primary N) is 1. The molecule has 5 nitrogen and oxygen atoms in total. The number of halogens is 1. The first-order chi connectivity index (χ1) is 8.54. The van der Waals surface area contributed by atoms with E-state index in [1.807, 2.05) is 26.0 Å². The van der Waals surface area contributed by atoms with Crippen molar-refractivity contribution in [3.63, 3.8) is 0 Å². The van der Waals surface area contributed by atoms with E-state index in [1.165, 1.54) is 0 Å². The summed E-state index contributed by atoms with van der Waals surface area (Å²) < 4.78 is 6.45. The van der Waals surface area contributed by atoms with Crippen LogP contribution in [0.2, 0.25) is 0 Å². The summed E-state index contributed by atoms with van der Waals surface area (Å²) in [5, 5.41) is 0. The van der Waals surface area contributed by atoms with Crippen molar-refractivity contribution in [2.75, 3.05) is 5.73 Å². The Kier molecular flexibility index (Phi) is 2.41. The molecule has 0 unspecified atom stereocenters. The number of nitrogens with one attached hydrogen (secondary N) is 1. The Morgan fingerprint density at radius 2 is 2.06 bits per heavy atom. The summed E-state index contributed by atoms with van der Waals surface area (Å²) >= 11 is 3.40. The highest BCUT2D eigenvalue weighted by Crippen LogP contribution is 2.29. The maximum atomic E-state index is 5.93. The number of fused-ring (bicyclic) bond motifs is 1. The van der Waals surface area contributed by atoms with Crippen LogP contribution in [0.3, 0.4) is 0 Å². The second-order valence-corrected chi connectivity index (χ2v) is 5.04. The molecule has 3 rings (SSSR count). The van der Waals surface area contributed by atoms with Gasteiger partial charge in [-0.2, -0.15) is 0 Å². The SMILES string of the molecule is Cc1nc(C)c(-c2nc3c(N)cc(Br)cc3[nH]2)o1. The number of imidazole rings is 1. The zero-order chi connectivity index (χ0) is 12.9. The van der Waals surface area contributed by atoms with E-state index in [1.54, 1.807) is 0 Å². The number of nitrogen functional groups attached to an aromatic ring is 1. The Labute approximate surface area is 112 Å². The normalized spacial score (nSPS) is 11.3. The summed E-state index contributed by atoms with van der Waals surface area (Å²) in [6.45, 7) is 3.70. The molecule has 0 saturated heterocycles. The minimum absolute atomic E-state index is 0.621. The minimum Gasteiger partial charge on any atom is -0.437 e. The van der Waals surface area contributed by atoms with Crippen molar-refractivity contribution in [3.05, 3.63) is 28.2 Å². The predicted molar refractivity (Wildman–Crippen MR) is 73.2 cm³/mol. The summed E-state index contributed by atoms with van der Waals surface area (Å²) in [6, 6.07) is 3.76. The van der Waals surface area contributed by atoms with E-state index in [2.05, 4.69) is 30.9 Å². The zero-order valence-electron chi connectivity index (χ0n) is 9.91. The highest BCUT2D eigenvalue weighted by atomic mass is 79.9. The maximum absolute atomic E-state index is 5.93. The largest absolute Gasteiger partial charge is 0.437 e. The Morgan fingerprint density at radius 1 is 1.28 bits per heavy atom. The van der Waals surface area contributed by atoms with Crippen molar-refractivity contribution in [1.29, 1.82) is 0 Å². The smallest absolute Gasteiger partial charge is 0.192 e. The third-order valence-electron chi connectivity index (χ3n) is 2.70. The van der Waals surface area contributed by atoms with Crippen molar-refractivity contribution in [3.8, 4) is 11.6 Å². The van der Waals surface area contributed by atoms with Gasteiger partial charge in [0.05, 0.1) is 16.9 Å². The number of H-pyrrole nitrogens is 1. The molecule has 0 aliphatic rings. The number of aromatic amines is 1. The lowest BCUT2D eigenvalue weighted by Crippen LogP contribution is -1.86. The van der Waals surface area contributed by atoms with Crippen molar-refractivity contribution in [2.24, 2.45) is 0 Å². The fourth-order valence-electron chi connectivity index (χ4n) is 1.97. The molecule has 0 bridgehead atoms. The van der Waals surface area contributed by atoms with Crippen molar-refractivity contribution in [1.82, 2.24) is 15.0 Å². The molecule has 0 spiro atoms. The van der Waals surface area contributed by atoms with Gasteiger partial charge in [-0.3, -0.25) is 0 Å². The standard InChI is InChI=1S/C12H11BrN4O/c1-5-11(18-6(2)15-5)12-16-9-4-7(13)3-8(14)10(9)17-12/h3-4H,14H2,1-2H3,(H,16,17). The number of oxazole rings is 1. The first-order valence-electron chi connectivity index (χ1n) is 5.44. The Bertz CT molecular complexity index is 744. The number of hydrogen-bond acceptors (Lipinski definition) is 4. The molecule has 0 atom stereocenters. The third kappa shape index (κ3) is 1.69. The van der Waals surface area contributed by atoms with Gasteiger partial charge in [0.25, 0.3) is 0 Å². The van der Waals surface area contributed by atoms with Gasteiger partial charge in [0.1, 0.15) is 5.52 Å². The fourth-order valence-corrected chi connectivity index (χ4v) is 2.44. The third-order valence-corrected chi connectivity index (χ3v) is 3.16. The number of aromatic nitrogens is 3. The maximum Gasteiger partial charge on any atom is 0.192 e. The lowest BCUT2D eigenvalue weighted by molar-refractivity contribution is 0.531. The van der Waals surface area contributed by atoms with Gasteiger partial charge in [-0.1, -0.05) is 15.9 Å². The van der Waals surface area contributed by atoms with Gasteiger partial charge < -0.3 is 15.1 Å². The molecule has 0 aliphatic carbocycles. The van der Waals surface area contributed by atoms with Crippen molar-refractivity contribution in [2.45, 2.75) is 13.8 Å². The lowest BCUT2D eigenvalue weighted by Gasteiger charge is -1.94. The number of rotatable bonds is 1. The highest BCUT2D eigenvalue weighted by Gasteiger charge is 2.15. The molecule has 6 heteroatoms. The molecular formula is C12H11BrN4O. The van der Waals surface area contributed by atoms with Crippen LogP contribution >= 0.6 is 15.9 Å². The Balaban J connectivity index is 2.25. The Morgan fingerprint density at radius 3 is 2.72 bits per heavy atom. The van der Waals surface area contributed by atoms with E-state index in [-0.39, 0.29) is 0 Å². The van der Waals surface area contributed by atoms with Crippen LogP contribution < -0.4 is 5.73 Å². The molecule has 0 radical (unpaired) electrons. The van der Waals surface area contributed by atoms with E-state index in [0.29, 0.717) is 23.2 Å². The van der Waals surface area contributed by atoms with Crippen LogP contribution in [-0.4, -0.2) is 15.0 Å². The van der Waals surface area contributed by atoms with Gasteiger partial charge in [0.2, 0.25) is 0 Å². The molecule has 2 aromatic heterocycles. The second-order valence-electron chi connectivity index (χ2n) is 4.12. The molecule has 0 aliphatic heterocycles. The van der Waals surface area contributed by atoms with Crippen LogP contribution in [0.5, 0.6) is 0 Å². The lowest BCUT2D eigenvalue weighted by atomic mass is 10.3. The average Bonchev–Trinajstić information content (AvgIpc) is 2.81. The molecule has 3 N–H and O–H groups in total. The van der Waals surface area contributed by atoms with Crippen LogP contribution in [0, 0.1) is 13.8 Å². The van der Waals surface area contributed by atoms with Crippen molar-refractivity contribution >= 4 is 32.7 Å².